The van der Waals surface area contributed by atoms with Crippen LogP contribution in [0.3, 0.4) is 0 Å². The number of rotatable bonds is 7. The average Bonchev–Trinajstić information content (AvgIpc) is 2.21. The maximum atomic E-state index is 11.4. The van der Waals surface area contributed by atoms with Crippen LogP contribution in [0.2, 0.25) is 0 Å². The Morgan fingerprint density at radius 2 is 2.14 bits per heavy atom. The summed E-state index contributed by atoms with van der Waals surface area (Å²) in [5.41, 5.74) is 11.0. The molecule has 14 heavy (non-hydrogen) atoms. The van der Waals surface area contributed by atoms with Gasteiger partial charge < -0.3 is 16.8 Å². The number of amides is 1. The Kier molecular flexibility index (Phi) is 7.42. The van der Waals surface area contributed by atoms with Crippen LogP contribution in [0.5, 0.6) is 0 Å². The summed E-state index contributed by atoms with van der Waals surface area (Å²) in [4.78, 5) is 11.4. The van der Waals surface area contributed by atoms with Crippen molar-refractivity contribution >= 4 is 5.91 Å². The topological polar surface area (TPSA) is 81.1 Å². The fourth-order valence-electron chi connectivity index (χ4n) is 1.02. The van der Waals surface area contributed by atoms with Crippen molar-refractivity contribution < 1.29 is 4.79 Å². The largest absolute Gasteiger partial charge is 0.354 e. The molecule has 4 heteroatoms. The first-order valence-electron chi connectivity index (χ1n) is 5.35. The van der Waals surface area contributed by atoms with E-state index in [1.165, 1.54) is 0 Å². The minimum Gasteiger partial charge on any atom is -0.354 e. The van der Waals surface area contributed by atoms with Crippen LogP contribution in [0, 0.1) is 5.92 Å². The highest BCUT2D eigenvalue weighted by Gasteiger charge is 2.12. The molecule has 0 aromatic carbocycles. The molecule has 0 aromatic heterocycles. The highest BCUT2D eigenvalue weighted by Crippen LogP contribution is 1.98. The lowest BCUT2D eigenvalue weighted by atomic mass is 10.1. The van der Waals surface area contributed by atoms with Crippen LogP contribution >= 0.6 is 0 Å². The van der Waals surface area contributed by atoms with Gasteiger partial charge in [-0.3, -0.25) is 4.79 Å². The number of carbonyl (C=O) groups excluding carboxylic acids is 1. The van der Waals surface area contributed by atoms with Crippen molar-refractivity contribution in [2.45, 2.75) is 39.2 Å². The minimum atomic E-state index is -0.400. The molecule has 0 aliphatic rings. The van der Waals surface area contributed by atoms with E-state index in [1.54, 1.807) is 0 Å². The Balaban J connectivity index is 3.61. The second kappa shape index (κ2) is 7.76. The van der Waals surface area contributed by atoms with Crippen molar-refractivity contribution in [2.24, 2.45) is 17.4 Å². The van der Waals surface area contributed by atoms with Crippen LogP contribution in [0.15, 0.2) is 0 Å². The lowest BCUT2D eigenvalue weighted by molar-refractivity contribution is -0.122. The van der Waals surface area contributed by atoms with Gasteiger partial charge in [-0.25, -0.2) is 0 Å². The van der Waals surface area contributed by atoms with Gasteiger partial charge in [0, 0.05) is 6.54 Å². The number of nitrogens with two attached hydrogens (primary N) is 2. The van der Waals surface area contributed by atoms with Crippen molar-refractivity contribution in [3.05, 3.63) is 0 Å². The van der Waals surface area contributed by atoms with Crippen molar-refractivity contribution in [3.8, 4) is 0 Å². The third-order valence-electron chi connectivity index (χ3n) is 2.38. The zero-order valence-electron chi connectivity index (χ0n) is 9.25. The molecule has 1 unspecified atom stereocenters. The van der Waals surface area contributed by atoms with Gasteiger partial charge in [0.05, 0.1) is 6.04 Å². The Hall–Kier alpha value is -0.610. The Morgan fingerprint density at radius 1 is 1.50 bits per heavy atom. The molecule has 5 N–H and O–H groups in total. The van der Waals surface area contributed by atoms with E-state index in [0.29, 0.717) is 25.4 Å². The van der Waals surface area contributed by atoms with Gasteiger partial charge in [0.1, 0.15) is 0 Å². The van der Waals surface area contributed by atoms with E-state index in [-0.39, 0.29) is 5.91 Å². The average molecular weight is 201 g/mol. The van der Waals surface area contributed by atoms with Crippen LogP contribution in [0.25, 0.3) is 0 Å². The number of hydrogen-bond acceptors (Lipinski definition) is 3. The van der Waals surface area contributed by atoms with Gasteiger partial charge in [-0.1, -0.05) is 20.3 Å². The first kappa shape index (κ1) is 13.4. The lowest BCUT2D eigenvalue weighted by Gasteiger charge is -2.14. The Bertz CT molecular complexity index is 161. The molecule has 0 aliphatic heterocycles. The molecule has 84 valence electrons. The molecule has 0 saturated carbocycles. The zero-order valence-corrected chi connectivity index (χ0v) is 9.25. The molecule has 0 aromatic rings. The Labute approximate surface area is 86.4 Å². The van der Waals surface area contributed by atoms with E-state index in [1.807, 2.05) is 0 Å². The lowest BCUT2D eigenvalue weighted by Crippen LogP contribution is -2.42. The number of carbonyl (C=O) groups is 1. The van der Waals surface area contributed by atoms with E-state index in [0.717, 1.165) is 12.8 Å². The summed E-state index contributed by atoms with van der Waals surface area (Å²) in [5.74, 6) is 0.458. The smallest absolute Gasteiger partial charge is 0.236 e. The molecule has 0 spiro atoms. The van der Waals surface area contributed by atoms with Crippen molar-refractivity contribution in [1.82, 2.24) is 5.32 Å². The molecule has 4 nitrogen and oxygen atoms in total. The van der Waals surface area contributed by atoms with Gasteiger partial charge in [-0.2, -0.15) is 0 Å². The third kappa shape index (κ3) is 5.94. The summed E-state index contributed by atoms with van der Waals surface area (Å²) < 4.78 is 0. The van der Waals surface area contributed by atoms with Gasteiger partial charge in [0.15, 0.2) is 0 Å². The predicted octanol–water partition coefficient (Wildman–Crippen LogP) is 0.215. The predicted molar refractivity (Wildman–Crippen MR) is 58.7 cm³/mol. The molecule has 0 aliphatic carbocycles. The van der Waals surface area contributed by atoms with Crippen LogP contribution in [0.1, 0.15) is 33.1 Å². The summed E-state index contributed by atoms with van der Waals surface area (Å²) in [6.45, 7) is 5.51. The highest BCUT2D eigenvalue weighted by molar-refractivity contribution is 5.81. The normalized spacial score (nSPS) is 14.9. The summed E-state index contributed by atoms with van der Waals surface area (Å²) in [7, 11) is 0. The van der Waals surface area contributed by atoms with Crippen molar-refractivity contribution in [3.63, 3.8) is 0 Å². The summed E-state index contributed by atoms with van der Waals surface area (Å²) in [6, 6.07) is -0.400. The van der Waals surface area contributed by atoms with Gasteiger partial charge in [-0.05, 0) is 25.3 Å². The van der Waals surface area contributed by atoms with E-state index < -0.39 is 6.04 Å². The minimum absolute atomic E-state index is 0.0567. The first-order chi connectivity index (χ1) is 6.61. The van der Waals surface area contributed by atoms with Crippen molar-refractivity contribution in [1.29, 1.82) is 0 Å². The van der Waals surface area contributed by atoms with Crippen LogP contribution < -0.4 is 16.8 Å². The van der Waals surface area contributed by atoms with E-state index >= 15 is 0 Å². The number of hydrogen-bond donors (Lipinski definition) is 3. The van der Waals surface area contributed by atoms with Crippen LogP contribution in [-0.4, -0.2) is 25.0 Å². The first-order valence-corrected chi connectivity index (χ1v) is 5.35. The summed E-state index contributed by atoms with van der Waals surface area (Å²) >= 11 is 0. The maximum absolute atomic E-state index is 11.4. The van der Waals surface area contributed by atoms with Gasteiger partial charge in [0.25, 0.3) is 0 Å². The highest BCUT2D eigenvalue weighted by atomic mass is 16.2. The quantitative estimate of drug-likeness (QED) is 0.551. The maximum Gasteiger partial charge on any atom is 0.236 e. The third-order valence-corrected chi connectivity index (χ3v) is 2.38. The summed E-state index contributed by atoms with van der Waals surface area (Å²) in [5, 5.41) is 2.84. The van der Waals surface area contributed by atoms with Gasteiger partial charge >= 0.3 is 0 Å². The second-order valence-corrected chi connectivity index (χ2v) is 3.80. The summed E-state index contributed by atoms with van der Waals surface area (Å²) in [6.07, 6.45) is 2.54. The van der Waals surface area contributed by atoms with E-state index in [4.69, 9.17) is 11.5 Å². The van der Waals surface area contributed by atoms with E-state index in [2.05, 4.69) is 19.2 Å². The van der Waals surface area contributed by atoms with Crippen LogP contribution in [0.4, 0.5) is 0 Å². The molecule has 0 rings (SSSR count). The molecule has 0 bridgehead atoms. The van der Waals surface area contributed by atoms with Crippen LogP contribution in [-0.2, 0) is 4.79 Å². The monoisotopic (exact) mass is 201 g/mol. The Morgan fingerprint density at radius 3 is 2.64 bits per heavy atom. The van der Waals surface area contributed by atoms with Gasteiger partial charge in [0.2, 0.25) is 5.91 Å². The number of nitrogens with one attached hydrogen (secondary N) is 1. The molecule has 0 fully saturated rings. The molecule has 0 radical (unpaired) electrons. The molecule has 2 atom stereocenters. The van der Waals surface area contributed by atoms with E-state index in [9.17, 15) is 4.79 Å². The molecule has 1 amide bonds. The fourth-order valence-corrected chi connectivity index (χ4v) is 1.02. The fraction of sp³-hybridized carbons (Fsp3) is 0.900. The SMILES string of the molecule is CCC(C)CNC(=O)[C@@H](N)CCCN. The molecular weight excluding hydrogens is 178 g/mol. The molecule has 0 saturated heterocycles. The zero-order chi connectivity index (χ0) is 11.0. The molecular formula is C10H23N3O. The standard InChI is InChI=1S/C10H23N3O/c1-3-8(2)7-13-10(14)9(12)5-4-6-11/h8-9H,3-7,11-12H2,1-2H3,(H,13,14)/t8?,9-/m0/s1. The van der Waals surface area contributed by atoms with Gasteiger partial charge in [-0.15, -0.1) is 0 Å². The molecule has 0 heterocycles. The second-order valence-electron chi connectivity index (χ2n) is 3.80. The van der Waals surface area contributed by atoms with Crippen molar-refractivity contribution in [2.75, 3.05) is 13.1 Å².